The lowest BCUT2D eigenvalue weighted by Gasteiger charge is -2.34. The van der Waals surface area contributed by atoms with Gasteiger partial charge in [0.15, 0.2) is 0 Å². The first-order chi connectivity index (χ1) is 12.4. The average Bonchev–Trinajstić information content (AvgIpc) is 2.67. The topological polar surface area (TPSA) is 84.9 Å². The van der Waals surface area contributed by atoms with E-state index >= 15 is 0 Å². The van der Waals surface area contributed by atoms with E-state index in [4.69, 9.17) is 9.47 Å². The lowest BCUT2D eigenvalue weighted by Crippen LogP contribution is -2.58. The van der Waals surface area contributed by atoms with E-state index in [9.17, 15) is 14.7 Å². The number of fused-ring (bicyclic) bond motifs is 1. The molecule has 6 nitrogen and oxygen atoms in total. The third-order valence-corrected chi connectivity index (χ3v) is 5.08. The van der Waals surface area contributed by atoms with Crippen LogP contribution in [0.1, 0.15) is 31.2 Å². The minimum Gasteiger partial charge on any atom is -0.497 e. The normalized spacial score (nSPS) is 17.5. The summed E-state index contributed by atoms with van der Waals surface area (Å²) in [5, 5.41) is 14.4. The van der Waals surface area contributed by atoms with Crippen molar-refractivity contribution in [2.75, 3.05) is 20.3 Å². The molecule has 1 heterocycles. The summed E-state index contributed by atoms with van der Waals surface area (Å²) in [6.07, 6.45) is 0.552. The second kappa shape index (κ2) is 7.33. The van der Waals surface area contributed by atoms with Crippen LogP contribution in [0.3, 0.4) is 0 Å². The monoisotopic (exact) mass is 357 g/mol. The molecule has 0 aromatic heterocycles. The summed E-state index contributed by atoms with van der Waals surface area (Å²) in [7, 11) is 1.62. The molecule has 1 amide bonds. The SMILES string of the molecule is COc1ccc2cc(C(C)C(=O)NC3(C(=O)O)CCOCC3)ccc2c1. The Morgan fingerprint density at radius 1 is 1.15 bits per heavy atom. The summed E-state index contributed by atoms with van der Waals surface area (Å²) in [6.45, 7) is 2.45. The van der Waals surface area contributed by atoms with Crippen molar-refractivity contribution in [3.63, 3.8) is 0 Å². The Balaban J connectivity index is 1.81. The molecular formula is C20H23NO5. The second-order valence-electron chi connectivity index (χ2n) is 6.68. The maximum atomic E-state index is 12.7. The number of nitrogens with one attached hydrogen (secondary N) is 1. The number of carbonyl (C=O) groups is 2. The highest BCUT2D eigenvalue weighted by Crippen LogP contribution is 2.27. The number of hydrogen-bond acceptors (Lipinski definition) is 4. The van der Waals surface area contributed by atoms with Gasteiger partial charge in [-0.25, -0.2) is 4.79 Å². The molecule has 0 saturated carbocycles. The molecule has 1 unspecified atom stereocenters. The molecule has 2 aromatic rings. The fraction of sp³-hybridized carbons (Fsp3) is 0.400. The molecular weight excluding hydrogens is 334 g/mol. The number of amides is 1. The molecule has 2 aromatic carbocycles. The van der Waals surface area contributed by atoms with E-state index in [1.807, 2.05) is 36.4 Å². The Morgan fingerprint density at radius 3 is 2.46 bits per heavy atom. The van der Waals surface area contributed by atoms with E-state index in [1.54, 1.807) is 14.0 Å². The van der Waals surface area contributed by atoms with Crippen molar-refractivity contribution in [2.24, 2.45) is 0 Å². The number of carboxylic acids is 1. The predicted molar refractivity (Wildman–Crippen MR) is 97.5 cm³/mol. The zero-order chi connectivity index (χ0) is 18.7. The molecule has 1 aliphatic heterocycles. The molecule has 3 rings (SSSR count). The van der Waals surface area contributed by atoms with Crippen molar-refractivity contribution in [3.8, 4) is 5.75 Å². The number of hydrogen-bond donors (Lipinski definition) is 2. The van der Waals surface area contributed by atoms with Crippen LogP contribution in [-0.2, 0) is 14.3 Å². The van der Waals surface area contributed by atoms with Gasteiger partial charge in [-0.3, -0.25) is 4.79 Å². The molecule has 1 saturated heterocycles. The number of rotatable bonds is 5. The first-order valence-electron chi connectivity index (χ1n) is 8.66. The van der Waals surface area contributed by atoms with E-state index in [0.29, 0.717) is 13.2 Å². The van der Waals surface area contributed by atoms with Gasteiger partial charge in [0.2, 0.25) is 5.91 Å². The van der Waals surface area contributed by atoms with Crippen molar-refractivity contribution in [1.82, 2.24) is 5.32 Å². The number of benzene rings is 2. The van der Waals surface area contributed by atoms with Crippen LogP contribution in [0, 0.1) is 0 Å². The van der Waals surface area contributed by atoms with Crippen molar-refractivity contribution < 1.29 is 24.2 Å². The Labute approximate surface area is 152 Å². The summed E-state index contributed by atoms with van der Waals surface area (Å²) in [5.41, 5.74) is -0.402. The van der Waals surface area contributed by atoms with E-state index in [0.717, 1.165) is 22.1 Å². The Bertz CT molecular complexity index is 826. The standard InChI is InChI=1S/C20H23NO5/c1-13(18(22)21-20(19(23)24)7-9-26-10-8-20)14-3-4-16-12-17(25-2)6-5-15(16)11-14/h3-6,11-13H,7-10H2,1-2H3,(H,21,22)(H,23,24). The quantitative estimate of drug-likeness (QED) is 0.859. The second-order valence-corrected chi connectivity index (χ2v) is 6.68. The molecule has 1 atom stereocenters. The summed E-state index contributed by atoms with van der Waals surface area (Å²) in [5.74, 6) is -0.978. The van der Waals surface area contributed by atoms with Crippen LogP contribution in [0.25, 0.3) is 10.8 Å². The van der Waals surface area contributed by atoms with Gasteiger partial charge in [0.1, 0.15) is 11.3 Å². The first-order valence-corrected chi connectivity index (χ1v) is 8.66. The number of ether oxygens (including phenoxy) is 2. The predicted octanol–water partition coefficient (Wildman–Crippen LogP) is 2.70. The Hall–Kier alpha value is -2.60. The summed E-state index contributed by atoms with van der Waals surface area (Å²) in [6, 6.07) is 11.5. The van der Waals surface area contributed by atoms with Gasteiger partial charge in [0.25, 0.3) is 0 Å². The molecule has 1 aliphatic rings. The van der Waals surface area contributed by atoms with Gasteiger partial charge in [-0.2, -0.15) is 0 Å². The summed E-state index contributed by atoms with van der Waals surface area (Å²) in [4.78, 5) is 24.4. The van der Waals surface area contributed by atoms with Crippen LogP contribution in [-0.4, -0.2) is 42.8 Å². The summed E-state index contributed by atoms with van der Waals surface area (Å²) >= 11 is 0. The zero-order valence-corrected chi connectivity index (χ0v) is 15.0. The molecule has 0 aliphatic carbocycles. The van der Waals surface area contributed by atoms with Crippen molar-refractivity contribution in [1.29, 1.82) is 0 Å². The highest BCUT2D eigenvalue weighted by molar-refractivity contribution is 5.92. The van der Waals surface area contributed by atoms with E-state index in [1.165, 1.54) is 0 Å². The number of carboxylic acid groups (broad SMARTS) is 1. The van der Waals surface area contributed by atoms with E-state index in [2.05, 4.69) is 5.32 Å². The Kier molecular flexibility index (Phi) is 5.13. The average molecular weight is 357 g/mol. The van der Waals surface area contributed by atoms with Crippen LogP contribution in [0.4, 0.5) is 0 Å². The van der Waals surface area contributed by atoms with Crippen LogP contribution in [0.5, 0.6) is 5.75 Å². The Morgan fingerprint density at radius 2 is 1.81 bits per heavy atom. The molecule has 6 heteroatoms. The van der Waals surface area contributed by atoms with Gasteiger partial charge in [-0.1, -0.05) is 24.3 Å². The fourth-order valence-corrected chi connectivity index (χ4v) is 3.25. The molecule has 0 bridgehead atoms. The van der Waals surface area contributed by atoms with Gasteiger partial charge in [-0.15, -0.1) is 0 Å². The molecule has 2 N–H and O–H groups in total. The third-order valence-electron chi connectivity index (χ3n) is 5.08. The zero-order valence-electron chi connectivity index (χ0n) is 15.0. The number of aliphatic carboxylic acids is 1. The maximum Gasteiger partial charge on any atom is 0.329 e. The summed E-state index contributed by atoms with van der Waals surface area (Å²) < 4.78 is 10.5. The van der Waals surface area contributed by atoms with Crippen molar-refractivity contribution in [2.45, 2.75) is 31.2 Å². The minimum absolute atomic E-state index is 0.276. The lowest BCUT2D eigenvalue weighted by molar-refractivity contribution is -0.152. The van der Waals surface area contributed by atoms with Gasteiger partial charge < -0.3 is 19.9 Å². The third kappa shape index (κ3) is 3.51. The van der Waals surface area contributed by atoms with E-state index < -0.39 is 17.4 Å². The van der Waals surface area contributed by atoms with Crippen LogP contribution in [0.15, 0.2) is 36.4 Å². The van der Waals surface area contributed by atoms with Gasteiger partial charge in [-0.05, 0) is 35.4 Å². The van der Waals surface area contributed by atoms with Gasteiger partial charge in [0, 0.05) is 26.1 Å². The minimum atomic E-state index is -1.24. The molecule has 0 radical (unpaired) electrons. The number of carbonyl (C=O) groups excluding carboxylic acids is 1. The van der Waals surface area contributed by atoms with Gasteiger partial charge >= 0.3 is 5.97 Å². The largest absolute Gasteiger partial charge is 0.497 e. The van der Waals surface area contributed by atoms with Crippen LogP contribution >= 0.6 is 0 Å². The van der Waals surface area contributed by atoms with Crippen molar-refractivity contribution >= 4 is 22.6 Å². The van der Waals surface area contributed by atoms with E-state index in [-0.39, 0.29) is 18.7 Å². The highest BCUT2D eigenvalue weighted by atomic mass is 16.5. The first kappa shape index (κ1) is 18.2. The molecule has 26 heavy (non-hydrogen) atoms. The highest BCUT2D eigenvalue weighted by Gasteiger charge is 2.42. The molecule has 0 spiro atoms. The van der Waals surface area contributed by atoms with Gasteiger partial charge in [0.05, 0.1) is 13.0 Å². The lowest BCUT2D eigenvalue weighted by atomic mass is 9.88. The number of methoxy groups -OCH3 is 1. The van der Waals surface area contributed by atoms with Crippen LogP contribution < -0.4 is 10.1 Å². The molecule has 1 fully saturated rings. The molecule has 138 valence electrons. The van der Waals surface area contributed by atoms with Crippen molar-refractivity contribution in [3.05, 3.63) is 42.0 Å². The fourth-order valence-electron chi connectivity index (χ4n) is 3.25. The maximum absolute atomic E-state index is 12.7. The smallest absolute Gasteiger partial charge is 0.329 e. The van der Waals surface area contributed by atoms with Crippen LogP contribution in [0.2, 0.25) is 0 Å².